The minimum atomic E-state index is -4.58. The summed E-state index contributed by atoms with van der Waals surface area (Å²) < 4.78 is 40.3. The molecule has 0 unspecified atom stereocenters. The summed E-state index contributed by atoms with van der Waals surface area (Å²) in [5.74, 6) is -0.527. The number of carbonyl (C=O) groups excluding carboxylic acids is 1. The van der Waals surface area contributed by atoms with Gasteiger partial charge in [0.25, 0.3) is 0 Å². The molecule has 0 aliphatic rings. The zero-order valence-corrected chi connectivity index (χ0v) is 12.7. The zero-order chi connectivity index (χ0) is 16.1. The first-order chi connectivity index (χ1) is 9.65. The highest BCUT2D eigenvalue weighted by Gasteiger charge is 2.29. The molecule has 0 bridgehead atoms. The van der Waals surface area contributed by atoms with Gasteiger partial charge in [-0.1, -0.05) is 30.8 Å². The normalized spacial score (nSPS) is 12.0. The van der Waals surface area contributed by atoms with Gasteiger partial charge in [0.15, 0.2) is 0 Å². The summed E-state index contributed by atoms with van der Waals surface area (Å²) in [7, 11) is -4.58. The van der Waals surface area contributed by atoms with Gasteiger partial charge < -0.3 is 4.74 Å². The standard InChI is InChI=1S/C14H18O6S/c1-4-13(15)19-10-9-11-7-5-6-8-12(11)14(2,3)20-21(16,17)18/h4-8H,1,9-10H2,2-3H3,(H,16,17,18). The van der Waals surface area contributed by atoms with E-state index in [-0.39, 0.29) is 6.61 Å². The molecule has 0 saturated carbocycles. The van der Waals surface area contributed by atoms with Gasteiger partial charge in [-0.25, -0.2) is 8.98 Å². The topological polar surface area (TPSA) is 89.9 Å². The first-order valence-corrected chi connectivity index (χ1v) is 7.58. The molecule has 0 fully saturated rings. The molecule has 0 spiro atoms. The SMILES string of the molecule is C=CC(=O)OCCc1ccccc1C(C)(C)OS(=O)(=O)O. The molecule has 1 aromatic rings. The molecule has 116 valence electrons. The summed E-state index contributed by atoms with van der Waals surface area (Å²) in [4.78, 5) is 11.0. The van der Waals surface area contributed by atoms with E-state index in [0.29, 0.717) is 12.0 Å². The summed E-state index contributed by atoms with van der Waals surface area (Å²) in [6.07, 6.45) is 1.45. The van der Waals surface area contributed by atoms with Crippen molar-refractivity contribution in [1.82, 2.24) is 0 Å². The smallest absolute Gasteiger partial charge is 0.398 e. The van der Waals surface area contributed by atoms with E-state index >= 15 is 0 Å². The van der Waals surface area contributed by atoms with Crippen molar-refractivity contribution in [2.24, 2.45) is 0 Å². The highest BCUT2D eigenvalue weighted by molar-refractivity contribution is 7.80. The molecule has 7 heteroatoms. The van der Waals surface area contributed by atoms with Crippen LogP contribution in [-0.4, -0.2) is 25.5 Å². The molecule has 0 saturated heterocycles. The Kier molecular flexibility index (Phi) is 5.65. The minimum absolute atomic E-state index is 0.129. The Bertz CT molecular complexity index is 618. The number of carbonyl (C=O) groups is 1. The Morgan fingerprint density at radius 3 is 2.57 bits per heavy atom. The van der Waals surface area contributed by atoms with Gasteiger partial charge >= 0.3 is 16.4 Å². The fraction of sp³-hybridized carbons (Fsp3) is 0.357. The Hall–Kier alpha value is -1.70. The number of ether oxygens (including phenoxy) is 1. The monoisotopic (exact) mass is 314 g/mol. The summed E-state index contributed by atoms with van der Waals surface area (Å²) in [5.41, 5.74) is 0.0902. The molecule has 1 aromatic carbocycles. The minimum Gasteiger partial charge on any atom is -0.462 e. The molecule has 0 radical (unpaired) electrons. The van der Waals surface area contributed by atoms with Crippen molar-refractivity contribution in [2.45, 2.75) is 25.9 Å². The van der Waals surface area contributed by atoms with Gasteiger partial charge in [0.05, 0.1) is 6.61 Å². The number of benzene rings is 1. The second-order valence-electron chi connectivity index (χ2n) is 4.80. The first-order valence-electron chi connectivity index (χ1n) is 6.21. The highest BCUT2D eigenvalue weighted by Crippen LogP contribution is 2.29. The first kappa shape index (κ1) is 17.4. The van der Waals surface area contributed by atoms with Crippen LogP contribution < -0.4 is 0 Å². The van der Waals surface area contributed by atoms with Gasteiger partial charge in [0.2, 0.25) is 0 Å². The predicted molar refractivity (Wildman–Crippen MR) is 77.0 cm³/mol. The maximum Gasteiger partial charge on any atom is 0.398 e. The zero-order valence-electron chi connectivity index (χ0n) is 11.9. The second kappa shape index (κ2) is 6.84. The number of rotatable bonds is 7. The third-order valence-corrected chi connectivity index (χ3v) is 3.39. The largest absolute Gasteiger partial charge is 0.462 e. The third-order valence-electron chi connectivity index (χ3n) is 2.76. The van der Waals surface area contributed by atoms with E-state index in [4.69, 9.17) is 13.5 Å². The van der Waals surface area contributed by atoms with Crippen LogP contribution in [0.5, 0.6) is 0 Å². The summed E-state index contributed by atoms with van der Waals surface area (Å²) in [6, 6.07) is 6.96. The van der Waals surface area contributed by atoms with Gasteiger partial charge in [-0.2, -0.15) is 8.42 Å². The molecule has 1 rings (SSSR count). The molecule has 0 amide bonds. The Balaban J connectivity index is 2.93. The highest BCUT2D eigenvalue weighted by atomic mass is 32.3. The fourth-order valence-electron chi connectivity index (χ4n) is 1.95. The third kappa shape index (κ3) is 5.66. The van der Waals surface area contributed by atoms with Gasteiger partial charge in [0.1, 0.15) is 5.60 Å². The molecule has 0 heterocycles. The van der Waals surface area contributed by atoms with Gasteiger partial charge in [-0.3, -0.25) is 4.55 Å². The van der Waals surface area contributed by atoms with Crippen LogP contribution in [0.15, 0.2) is 36.9 Å². The van der Waals surface area contributed by atoms with Crippen LogP contribution in [-0.2, 0) is 36.1 Å². The lowest BCUT2D eigenvalue weighted by atomic mass is 9.92. The van der Waals surface area contributed by atoms with Crippen LogP contribution >= 0.6 is 0 Å². The number of esters is 1. The average Bonchev–Trinajstić information content (AvgIpc) is 2.36. The van der Waals surface area contributed by atoms with E-state index in [9.17, 15) is 13.2 Å². The fourth-order valence-corrected chi connectivity index (χ4v) is 2.57. The quantitative estimate of drug-likeness (QED) is 0.470. The average molecular weight is 314 g/mol. The molecular weight excluding hydrogens is 296 g/mol. The van der Waals surface area contributed by atoms with Crippen LogP contribution in [0.3, 0.4) is 0 Å². The van der Waals surface area contributed by atoms with Crippen LogP contribution in [0.4, 0.5) is 0 Å². The van der Waals surface area contributed by atoms with E-state index in [0.717, 1.165) is 11.6 Å². The Morgan fingerprint density at radius 2 is 2.00 bits per heavy atom. The van der Waals surface area contributed by atoms with E-state index in [1.165, 1.54) is 13.8 Å². The lowest BCUT2D eigenvalue weighted by Gasteiger charge is -2.25. The summed E-state index contributed by atoms with van der Waals surface area (Å²) >= 11 is 0. The van der Waals surface area contributed by atoms with E-state index < -0.39 is 22.0 Å². The van der Waals surface area contributed by atoms with Crippen LogP contribution in [0, 0.1) is 0 Å². The molecule has 6 nitrogen and oxygen atoms in total. The van der Waals surface area contributed by atoms with Crippen LogP contribution in [0.1, 0.15) is 25.0 Å². The molecule has 0 aliphatic carbocycles. The van der Waals surface area contributed by atoms with Gasteiger partial charge in [-0.05, 0) is 25.0 Å². The van der Waals surface area contributed by atoms with Crippen molar-refractivity contribution < 1.29 is 26.7 Å². The number of hydrogen-bond donors (Lipinski definition) is 1. The van der Waals surface area contributed by atoms with Crippen LogP contribution in [0.2, 0.25) is 0 Å². The molecule has 0 aromatic heterocycles. The maximum atomic E-state index is 11.0. The van der Waals surface area contributed by atoms with Crippen molar-refractivity contribution in [3.63, 3.8) is 0 Å². The Labute approximate surface area is 124 Å². The predicted octanol–water partition coefficient (Wildman–Crippen LogP) is 2.01. The van der Waals surface area contributed by atoms with E-state index in [1.807, 2.05) is 0 Å². The molecule has 21 heavy (non-hydrogen) atoms. The summed E-state index contributed by atoms with van der Waals surface area (Å²) in [5, 5.41) is 0. The Morgan fingerprint density at radius 1 is 1.38 bits per heavy atom. The molecular formula is C14H18O6S. The van der Waals surface area contributed by atoms with Gasteiger partial charge in [-0.15, -0.1) is 0 Å². The van der Waals surface area contributed by atoms with Gasteiger partial charge in [0, 0.05) is 12.5 Å². The summed E-state index contributed by atoms with van der Waals surface area (Å²) in [6.45, 7) is 6.47. The molecule has 0 aliphatic heterocycles. The second-order valence-corrected chi connectivity index (χ2v) is 5.82. The van der Waals surface area contributed by atoms with Crippen molar-refractivity contribution in [2.75, 3.05) is 6.61 Å². The molecule has 1 N–H and O–H groups in total. The van der Waals surface area contributed by atoms with Crippen molar-refractivity contribution >= 4 is 16.4 Å². The van der Waals surface area contributed by atoms with E-state index in [2.05, 4.69) is 6.58 Å². The van der Waals surface area contributed by atoms with Crippen molar-refractivity contribution in [3.8, 4) is 0 Å². The maximum absolute atomic E-state index is 11.0. The van der Waals surface area contributed by atoms with E-state index in [1.54, 1.807) is 24.3 Å². The lowest BCUT2D eigenvalue weighted by Crippen LogP contribution is -2.27. The van der Waals surface area contributed by atoms with Crippen molar-refractivity contribution in [3.05, 3.63) is 48.0 Å². The van der Waals surface area contributed by atoms with Crippen molar-refractivity contribution in [1.29, 1.82) is 0 Å². The van der Waals surface area contributed by atoms with Crippen LogP contribution in [0.25, 0.3) is 0 Å². The lowest BCUT2D eigenvalue weighted by molar-refractivity contribution is -0.137. The molecule has 0 atom stereocenters. The number of hydrogen-bond acceptors (Lipinski definition) is 5.